The summed E-state index contributed by atoms with van der Waals surface area (Å²) in [6, 6.07) is 10.3. The van der Waals surface area contributed by atoms with Gasteiger partial charge in [-0.15, -0.1) is 6.58 Å². The third-order valence-corrected chi connectivity index (χ3v) is 1.76. The summed E-state index contributed by atoms with van der Waals surface area (Å²) in [5, 5.41) is 0. The molecule has 62 valence electrons. The highest BCUT2D eigenvalue weighted by atomic mass is 13.9. The number of rotatable bonds is 3. The van der Waals surface area contributed by atoms with Gasteiger partial charge in [0.2, 0.25) is 0 Å². The lowest BCUT2D eigenvalue weighted by molar-refractivity contribution is 0.950. The van der Waals surface area contributed by atoms with Crippen LogP contribution in [0.3, 0.4) is 0 Å². The standard InChI is InChI=1S/C12H14/c1-3-11(2)9-10-12-7-5-4-6-8-12/h3-11H,1H2,2H3/b10-9+. The molecule has 0 saturated carbocycles. The van der Waals surface area contributed by atoms with Gasteiger partial charge in [0.1, 0.15) is 0 Å². The van der Waals surface area contributed by atoms with Crippen molar-refractivity contribution >= 4 is 6.08 Å². The largest absolute Gasteiger partial charge is 0.102 e. The first-order valence-electron chi connectivity index (χ1n) is 4.18. The van der Waals surface area contributed by atoms with Gasteiger partial charge in [0, 0.05) is 0 Å². The Morgan fingerprint density at radius 1 is 1.25 bits per heavy atom. The maximum absolute atomic E-state index is 3.72. The van der Waals surface area contributed by atoms with E-state index in [0.717, 1.165) is 0 Å². The predicted molar refractivity (Wildman–Crippen MR) is 54.8 cm³/mol. The fraction of sp³-hybridized carbons (Fsp3) is 0.167. The van der Waals surface area contributed by atoms with Crippen LogP contribution in [0.5, 0.6) is 0 Å². The van der Waals surface area contributed by atoms with Crippen molar-refractivity contribution < 1.29 is 0 Å². The molecule has 0 aliphatic rings. The zero-order chi connectivity index (χ0) is 8.81. The second-order valence-corrected chi connectivity index (χ2v) is 2.86. The van der Waals surface area contributed by atoms with Crippen molar-refractivity contribution in [3.8, 4) is 0 Å². The molecule has 1 unspecified atom stereocenters. The van der Waals surface area contributed by atoms with Crippen LogP contribution < -0.4 is 0 Å². The molecule has 0 aliphatic carbocycles. The van der Waals surface area contributed by atoms with Gasteiger partial charge in [-0.3, -0.25) is 0 Å². The van der Waals surface area contributed by atoms with Crippen LogP contribution in [-0.2, 0) is 0 Å². The lowest BCUT2D eigenvalue weighted by Gasteiger charge is -1.95. The van der Waals surface area contributed by atoms with Crippen LogP contribution in [0, 0.1) is 5.92 Å². The first-order chi connectivity index (χ1) is 5.83. The Labute approximate surface area is 74.2 Å². The number of allylic oxidation sites excluding steroid dienone is 2. The Hall–Kier alpha value is -1.30. The molecule has 0 nitrogen and oxygen atoms in total. The van der Waals surface area contributed by atoms with Crippen molar-refractivity contribution in [2.24, 2.45) is 5.92 Å². The molecule has 0 radical (unpaired) electrons. The van der Waals surface area contributed by atoms with Crippen LogP contribution in [0.15, 0.2) is 49.1 Å². The van der Waals surface area contributed by atoms with Crippen molar-refractivity contribution in [1.29, 1.82) is 0 Å². The van der Waals surface area contributed by atoms with Crippen LogP contribution in [-0.4, -0.2) is 0 Å². The van der Waals surface area contributed by atoms with E-state index in [0.29, 0.717) is 5.92 Å². The SMILES string of the molecule is C=CC(C)/C=C/c1ccccc1. The van der Waals surface area contributed by atoms with E-state index in [9.17, 15) is 0 Å². The first kappa shape index (κ1) is 8.79. The van der Waals surface area contributed by atoms with E-state index in [-0.39, 0.29) is 0 Å². The summed E-state index contributed by atoms with van der Waals surface area (Å²) in [7, 11) is 0. The maximum atomic E-state index is 3.72. The van der Waals surface area contributed by atoms with E-state index in [1.165, 1.54) is 5.56 Å². The average molecular weight is 158 g/mol. The zero-order valence-electron chi connectivity index (χ0n) is 7.40. The normalized spacial score (nSPS) is 13.1. The molecule has 0 heterocycles. The molecule has 0 saturated heterocycles. The van der Waals surface area contributed by atoms with Gasteiger partial charge in [-0.25, -0.2) is 0 Å². The second-order valence-electron chi connectivity index (χ2n) is 2.86. The van der Waals surface area contributed by atoms with Gasteiger partial charge in [-0.05, 0) is 11.5 Å². The first-order valence-corrected chi connectivity index (χ1v) is 4.18. The fourth-order valence-electron chi connectivity index (χ4n) is 0.906. The smallest absolute Gasteiger partial charge is 0.00812 e. The molecule has 12 heavy (non-hydrogen) atoms. The topological polar surface area (TPSA) is 0 Å². The van der Waals surface area contributed by atoms with Crippen LogP contribution in [0.2, 0.25) is 0 Å². The highest BCUT2D eigenvalue weighted by Crippen LogP contribution is 2.05. The molecular formula is C12H14. The average Bonchev–Trinajstić information content (AvgIpc) is 2.16. The minimum atomic E-state index is 0.449. The molecule has 0 aromatic heterocycles. The Morgan fingerprint density at radius 2 is 1.92 bits per heavy atom. The maximum Gasteiger partial charge on any atom is -0.00812 e. The molecule has 0 amide bonds. The molecular weight excluding hydrogens is 144 g/mol. The van der Waals surface area contributed by atoms with E-state index in [1.807, 2.05) is 24.3 Å². The van der Waals surface area contributed by atoms with Crippen molar-refractivity contribution in [2.75, 3.05) is 0 Å². The van der Waals surface area contributed by atoms with Crippen LogP contribution in [0.25, 0.3) is 6.08 Å². The van der Waals surface area contributed by atoms with Crippen molar-refractivity contribution in [1.82, 2.24) is 0 Å². The van der Waals surface area contributed by atoms with Gasteiger partial charge in [0.05, 0.1) is 0 Å². The third-order valence-electron chi connectivity index (χ3n) is 1.76. The number of benzene rings is 1. The van der Waals surface area contributed by atoms with Gasteiger partial charge in [-0.1, -0.05) is 55.5 Å². The molecule has 0 spiro atoms. The third kappa shape index (κ3) is 2.75. The Bertz CT molecular complexity index is 257. The monoisotopic (exact) mass is 158 g/mol. The molecule has 1 aromatic carbocycles. The van der Waals surface area contributed by atoms with Gasteiger partial charge >= 0.3 is 0 Å². The van der Waals surface area contributed by atoms with Crippen molar-refractivity contribution in [2.45, 2.75) is 6.92 Å². The Balaban J connectivity index is 2.63. The Kier molecular flexibility index (Phi) is 3.34. The van der Waals surface area contributed by atoms with Gasteiger partial charge < -0.3 is 0 Å². The molecule has 1 atom stereocenters. The molecule has 0 fully saturated rings. The fourth-order valence-corrected chi connectivity index (χ4v) is 0.906. The van der Waals surface area contributed by atoms with Crippen LogP contribution in [0.1, 0.15) is 12.5 Å². The van der Waals surface area contributed by atoms with E-state index >= 15 is 0 Å². The highest BCUT2D eigenvalue weighted by molar-refractivity contribution is 5.49. The molecule has 0 aliphatic heterocycles. The lowest BCUT2D eigenvalue weighted by Crippen LogP contribution is -1.79. The molecule has 0 N–H and O–H groups in total. The van der Waals surface area contributed by atoms with Gasteiger partial charge in [0.15, 0.2) is 0 Å². The van der Waals surface area contributed by atoms with E-state index < -0.39 is 0 Å². The summed E-state index contributed by atoms with van der Waals surface area (Å²) >= 11 is 0. The number of hydrogen-bond donors (Lipinski definition) is 0. The summed E-state index contributed by atoms with van der Waals surface area (Å²) < 4.78 is 0. The summed E-state index contributed by atoms with van der Waals surface area (Å²) in [5.74, 6) is 0.449. The quantitative estimate of drug-likeness (QED) is 0.590. The lowest BCUT2D eigenvalue weighted by atomic mass is 10.1. The van der Waals surface area contributed by atoms with E-state index in [2.05, 4.69) is 37.8 Å². The molecule has 1 rings (SSSR count). The van der Waals surface area contributed by atoms with Crippen molar-refractivity contribution in [3.05, 3.63) is 54.6 Å². The van der Waals surface area contributed by atoms with Crippen molar-refractivity contribution in [3.63, 3.8) is 0 Å². The molecule has 0 bridgehead atoms. The minimum Gasteiger partial charge on any atom is -0.102 e. The minimum absolute atomic E-state index is 0.449. The highest BCUT2D eigenvalue weighted by Gasteiger charge is 1.87. The van der Waals surface area contributed by atoms with E-state index in [1.54, 1.807) is 0 Å². The van der Waals surface area contributed by atoms with Crippen LogP contribution in [0.4, 0.5) is 0 Å². The second kappa shape index (κ2) is 4.55. The molecule has 1 aromatic rings. The summed E-state index contributed by atoms with van der Waals surface area (Å²) in [4.78, 5) is 0. The summed E-state index contributed by atoms with van der Waals surface area (Å²) in [6.45, 7) is 5.84. The van der Waals surface area contributed by atoms with Crippen LogP contribution >= 0.6 is 0 Å². The summed E-state index contributed by atoms with van der Waals surface area (Å²) in [6.07, 6.45) is 6.19. The van der Waals surface area contributed by atoms with Gasteiger partial charge in [-0.2, -0.15) is 0 Å². The predicted octanol–water partition coefficient (Wildman–Crippen LogP) is 3.52. The Morgan fingerprint density at radius 3 is 2.50 bits per heavy atom. The number of hydrogen-bond acceptors (Lipinski definition) is 0. The molecule has 0 heteroatoms. The zero-order valence-corrected chi connectivity index (χ0v) is 7.40. The van der Waals surface area contributed by atoms with Gasteiger partial charge in [0.25, 0.3) is 0 Å². The summed E-state index contributed by atoms with van der Waals surface area (Å²) in [5.41, 5.74) is 1.24. The van der Waals surface area contributed by atoms with E-state index in [4.69, 9.17) is 0 Å².